The van der Waals surface area contributed by atoms with Crippen LogP contribution < -0.4 is 4.90 Å². The molecule has 39 heavy (non-hydrogen) atoms. The van der Waals surface area contributed by atoms with Gasteiger partial charge in [0.1, 0.15) is 0 Å². The number of hydrogen-bond donors (Lipinski definition) is 0. The van der Waals surface area contributed by atoms with Gasteiger partial charge in [-0.2, -0.15) is 21.3 Å². The molecule has 0 aromatic heterocycles. The van der Waals surface area contributed by atoms with Gasteiger partial charge in [-0.25, -0.2) is 8.42 Å². The molecule has 0 amide bonds. The average Bonchev–Trinajstić information content (AvgIpc) is 2.99. The van der Waals surface area contributed by atoms with Crippen LogP contribution in [0, 0.1) is 5.92 Å². The van der Waals surface area contributed by atoms with Gasteiger partial charge in [0.2, 0.25) is 10.0 Å². The zero-order valence-corrected chi connectivity index (χ0v) is 25.6. The normalized spacial score (nSPS) is 23.3. The lowest BCUT2D eigenvalue weighted by Crippen LogP contribution is -2.49. The van der Waals surface area contributed by atoms with Crippen molar-refractivity contribution in [2.45, 2.75) is 69.1 Å². The van der Waals surface area contributed by atoms with E-state index in [1.165, 1.54) is 36.4 Å². The summed E-state index contributed by atoms with van der Waals surface area (Å²) in [6.07, 6.45) is 10.7. The SMILES string of the molecule is CN(C)c1ccc(S(=O)(=O)N2CCCN(CC3CCCCC3)CCCN(S(=O)(=O)N3CCCCC3)CC2)cc1. The Hall–Kier alpha value is -1.24. The van der Waals surface area contributed by atoms with Gasteiger partial charge in [0.25, 0.3) is 10.2 Å². The maximum atomic E-state index is 13.8. The summed E-state index contributed by atoms with van der Waals surface area (Å²) in [5.74, 6) is 0.687. The molecule has 0 bridgehead atoms. The highest BCUT2D eigenvalue weighted by Gasteiger charge is 2.33. The topological polar surface area (TPSA) is 84.5 Å². The van der Waals surface area contributed by atoms with Gasteiger partial charge in [0.15, 0.2) is 0 Å². The number of benzene rings is 1. The molecular weight excluding hydrogens is 534 g/mol. The van der Waals surface area contributed by atoms with Gasteiger partial charge in [-0.1, -0.05) is 25.7 Å². The summed E-state index contributed by atoms with van der Waals surface area (Å²) in [5.41, 5.74) is 0.934. The Morgan fingerprint density at radius 3 is 1.77 bits per heavy atom. The van der Waals surface area contributed by atoms with Gasteiger partial charge in [-0.05, 0) is 81.8 Å². The Kier molecular flexibility index (Phi) is 11.1. The molecule has 222 valence electrons. The van der Waals surface area contributed by atoms with E-state index < -0.39 is 20.2 Å². The number of anilines is 1. The summed E-state index contributed by atoms with van der Waals surface area (Å²) in [6.45, 7) is 4.95. The highest BCUT2D eigenvalue weighted by atomic mass is 32.2. The molecule has 9 nitrogen and oxygen atoms in total. The molecule has 1 aromatic rings. The van der Waals surface area contributed by atoms with Crippen LogP contribution in [0.5, 0.6) is 0 Å². The van der Waals surface area contributed by atoms with Crippen molar-refractivity contribution in [1.29, 1.82) is 0 Å². The number of nitrogens with zero attached hydrogens (tertiary/aromatic N) is 5. The van der Waals surface area contributed by atoms with Gasteiger partial charge < -0.3 is 9.80 Å². The Labute approximate surface area is 237 Å². The summed E-state index contributed by atoms with van der Waals surface area (Å²) in [4.78, 5) is 4.66. The fraction of sp³-hybridized carbons (Fsp3) is 0.786. The van der Waals surface area contributed by atoms with Crippen LogP contribution in [0.3, 0.4) is 0 Å². The van der Waals surface area contributed by atoms with Crippen molar-refractivity contribution in [3.8, 4) is 0 Å². The minimum atomic E-state index is -3.76. The molecule has 1 saturated carbocycles. The highest BCUT2D eigenvalue weighted by molar-refractivity contribution is 7.89. The summed E-state index contributed by atoms with van der Waals surface area (Å²) in [6, 6.07) is 6.96. The van der Waals surface area contributed by atoms with Crippen LogP contribution in [-0.2, 0) is 20.2 Å². The molecule has 11 heteroatoms. The van der Waals surface area contributed by atoms with E-state index in [0.29, 0.717) is 32.1 Å². The first kappa shape index (κ1) is 30.7. The predicted molar refractivity (Wildman–Crippen MR) is 158 cm³/mol. The second-order valence-electron chi connectivity index (χ2n) is 11.7. The van der Waals surface area contributed by atoms with Crippen molar-refractivity contribution in [3.63, 3.8) is 0 Å². The maximum absolute atomic E-state index is 13.8. The third-order valence-corrected chi connectivity index (χ3v) is 12.5. The van der Waals surface area contributed by atoms with Gasteiger partial charge in [0.05, 0.1) is 4.90 Å². The summed E-state index contributed by atoms with van der Waals surface area (Å²) in [5, 5.41) is 0. The van der Waals surface area contributed by atoms with Crippen LogP contribution in [-0.4, -0.2) is 108 Å². The molecule has 3 fully saturated rings. The fourth-order valence-corrected chi connectivity index (χ4v) is 9.40. The Morgan fingerprint density at radius 2 is 1.15 bits per heavy atom. The molecule has 0 N–H and O–H groups in total. The smallest absolute Gasteiger partial charge is 0.282 e. The van der Waals surface area contributed by atoms with Crippen LogP contribution in [0.25, 0.3) is 0 Å². The zero-order chi connectivity index (χ0) is 27.9. The summed E-state index contributed by atoms with van der Waals surface area (Å²) in [7, 11) is -3.55. The lowest BCUT2D eigenvalue weighted by molar-refractivity contribution is 0.192. The molecule has 1 aliphatic carbocycles. The van der Waals surface area contributed by atoms with E-state index in [2.05, 4.69) is 4.90 Å². The van der Waals surface area contributed by atoms with Crippen molar-refractivity contribution >= 4 is 25.9 Å². The van der Waals surface area contributed by atoms with E-state index in [1.807, 2.05) is 31.1 Å². The van der Waals surface area contributed by atoms with Crippen LogP contribution in [0.1, 0.15) is 64.2 Å². The summed E-state index contributed by atoms with van der Waals surface area (Å²) < 4.78 is 59.6. The first-order valence-electron chi connectivity index (χ1n) is 14.9. The zero-order valence-electron chi connectivity index (χ0n) is 24.0. The molecule has 3 aliphatic rings. The van der Waals surface area contributed by atoms with Crippen molar-refractivity contribution < 1.29 is 16.8 Å². The number of sulfonamides is 1. The van der Waals surface area contributed by atoms with Gasteiger partial charge in [-0.15, -0.1) is 0 Å². The molecule has 2 saturated heterocycles. The molecule has 0 radical (unpaired) electrons. The fourth-order valence-electron chi connectivity index (χ4n) is 6.21. The largest absolute Gasteiger partial charge is 0.378 e. The third-order valence-electron chi connectivity index (χ3n) is 8.56. The van der Waals surface area contributed by atoms with Crippen LogP contribution in [0.15, 0.2) is 29.2 Å². The highest BCUT2D eigenvalue weighted by Crippen LogP contribution is 2.26. The molecule has 4 rings (SSSR count). The van der Waals surface area contributed by atoms with E-state index >= 15 is 0 Å². The van der Waals surface area contributed by atoms with Gasteiger partial charge >= 0.3 is 0 Å². The van der Waals surface area contributed by atoms with Crippen LogP contribution in [0.4, 0.5) is 5.69 Å². The molecule has 2 aliphatic heterocycles. The van der Waals surface area contributed by atoms with E-state index in [-0.39, 0.29) is 18.0 Å². The molecule has 2 heterocycles. The van der Waals surface area contributed by atoms with Crippen molar-refractivity contribution in [3.05, 3.63) is 24.3 Å². The molecule has 0 spiro atoms. The van der Waals surface area contributed by atoms with Crippen LogP contribution >= 0.6 is 0 Å². The van der Waals surface area contributed by atoms with Crippen molar-refractivity contribution in [2.24, 2.45) is 5.92 Å². The predicted octanol–water partition coefficient (Wildman–Crippen LogP) is 3.45. The second-order valence-corrected chi connectivity index (χ2v) is 15.5. The van der Waals surface area contributed by atoms with E-state index in [1.54, 1.807) is 20.7 Å². The minimum absolute atomic E-state index is 0.160. The van der Waals surface area contributed by atoms with Crippen LogP contribution in [0.2, 0.25) is 0 Å². The van der Waals surface area contributed by atoms with E-state index in [4.69, 9.17) is 0 Å². The average molecular weight is 584 g/mol. The van der Waals surface area contributed by atoms with E-state index in [9.17, 15) is 16.8 Å². The quantitative estimate of drug-likeness (QED) is 0.489. The Bertz CT molecular complexity index is 1100. The maximum Gasteiger partial charge on any atom is 0.282 e. The third kappa shape index (κ3) is 8.16. The lowest BCUT2D eigenvalue weighted by atomic mass is 9.89. The molecular formula is C28H49N5O4S2. The second kappa shape index (κ2) is 14.1. The minimum Gasteiger partial charge on any atom is -0.378 e. The molecule has 0 unspecified atom stereocenters. The van der Waals surface area contributed by atoms with Crippen molar-refractivity contribution in [2.75, 3.05) is 77.9 Å². The summed E-state index contributed by atoms with van der Waals surface area (Å²) >= 11 is 0. The van der Waals surface area contributed by atoms with E-state index in [0.717, 1.165) is 57.4 Å². The van der Waals surface area contributed by atoms with Crippen molar-refractivity contribution in [1.82, 2.24) is 17.8 Å². The number of piperidine rings is 1. The Morgan fingerprint density at radius 1 is 0.641 bits per heavy atom. The monoisotopic (exact) mass is 583 g/mol. The first-order valence-corrected chi connectivity index (χ1v) is 17.8. The number of hydrogen-bond acceptors (Lipinski definition) is 6. The molecule has 0 atom stereocenters. The van der Waals surface area contributed by atoms with Gasteiger partial charge in [0, 0.05) is 65.6 Å². The first-order chi connectivity index (χ1) is 18.7. The lowest BCUT2D eigenvalue weighted by Gasteiger charge is -2.33. The Balaban J connectivity index is 1.55. The van der Waals surface area contributed by atoms with Gasteiger partial charge in [-0.3, -0.25) is 0 Å². The standard InChI is InChI=1S/C28H49N5O4S2/c1-29(2)27-13-15-28(16-14-27)38(34,35)31-21-9-17-30(25-26-11-5-3-6-12-26)18-10-22-33(24-23-31)39(36,37)32-19-7-4-8-20-32/h13-16,26H,3-12,17-25H2,1-2H3. The number of rotatable bonds is 7. The molecule has 1 aromatic carbocycles.